The fourth-order valence-corrected chi connectivity index (χ4v) is 13.1. The average molecular weight is 1380 g/mol. The van der Waals surface area contributed by atoms with Gasteiger partial charge in [0.25, 0.3) is 17.9 Å². The van der Waals surface area contributed by atoms with Gasteiger partial charge >= 0.3 is 11.9 Å². The number of nitrogens with one attached hydrogen (secondary N) is 2. The number of anilines is 1. The third-order valence-corrected chi connectivity index (χ3v) is 18.0. The van der Waals surface area contributed by atoms with Gasteiger partial charge in [0.1, 0.15) is 40.7 Å². The largest absolute Gasteiger partial charge is 0.497 e. The number of thiazole rings is 1. The van der Waals surface area contributed by atoms with Crippen LogP contribution in [-0.4, -0.2) is 124 Å². The zero-order chi connectivity index (χ0) is 66.5. The van der Waals surface area contributed by atoms with Crippen molar-refractivity contribution < 1.29 is 66.6 Å². The van der Waals surface area contributed by atoms with E-state index in [0.29, 0.717) is 33.1 Å². The van der Waals surface area contributed by atoms with Crippen LogP contribution in [0.4, 0.5) is 5.13 Å². The highest BCUT2D eigenvalue weighted by Crippen LogP contribution is 2.48. The lowest BCUT2D eigenvalue weighted by Crippen LogP contribution is -2.71. The molecule has 2 aliphatic heterocycles. The fourth-order valence-electron chi connectivity index (χ4n) is 10.4. The molecule has 2 amide bonds. The summed E-state index contributed by atoms with van der Waals surface area (Å²) in [7, 11) is 4.59. The summed E-state index contributed by atoms with van der Waals surface area (Å²) in [5.74, 6) is -2.70. The van der Waals surface area contributed by atoms with Crippen molar-refractivity contribution in [3.8, 4) is 17.2 Å². The molecule has 7 aromatic carbocycles. The predicted octanol–water partition coefficient (Wildman–Crippen LogP) is 12.8. The molecule has 19 nitrogen and oxygen atoms in total. The number of ether oxygens (including phenoxy) is 9. The molecule has 95 heavy (non-hydrogen) atoms. The Balaban J connectivity index is 1.07. The number of aromatic nitrogens is 1. The molecule has 0 radical (unpaired) electrons. The van der Waals surface area contributed by atoms with Crippen LogP contribution in [0.15, 0.2) is 216 Å². The van der Waals surface area contributed by atoms with E-state index in [2.05, 4.69) is 15.8 Å². The van der Waals surface area contributed by atoms with Crippen molar-refractivity contribution in [1.82, 2.24) is 15.2 Å². The van der Waals surface area contributed by atoms with Gasteiger partial charge in [0.05, 0.1) is 43.6 Å². The van der Waals surface area contributed by atoms with E-state index < -0.39 is 65.4 Å². The number of alkyl halides is 1. The van der Waals surface area contributed by atoms with Crippen molar-refractivity contribution in [3.63, 3.8) is 0 Å². The number of rotatable bonds is 33. The topological polar surface area (TPSA) is 213 Å². The average Bonchev–Trinajstić information content (AvgIpc) is 0.976. The Bertz CT molecular complexity index is 3830. The number of benzene rings is 7. The molecule has 1 fully saturated rings. The molecule has 492 valence electrons. The van der Waals surface area contributed by atoms with E-state index >= 15 is 9.59 Å². The van der Waals surface area contributed by atoms with Gasteiger partial charge in [-0.3, -0.25) is 14.5 Å². The second-order valence-corrected chi connectivity index (χ2v) is 24.1. The molecule has 3 atom stereocenters. The molecule has 0 aliphatic carbocycles. The lowest BCUT2D eigenvalue weighted by molar-refractivity contribution is -0.162. The van der Waals surface area contributed by atoms with Crippen molar-refractivity contribution in [2.24, 2.45) is 5.16 Å². The van der Waals surface area contributed by atoms with E-state index in [0.717, 1.165) is 28.0 Å². The second kappa shape index (κ2) is 34.1. The standard InChI is InChI=1S/C71H66Cl3N5O14S2/c1-84-36-38-87-44-90-63-55(73)40-54(57(74)64(63)91-45-88-39-37-85-2)62(69(83)92-61(47-20-9-4-10-21-47)48-22-11-5-12-23-48)93-78-58(56-43-95-70(75-56)77-71(50-25-13-6-14-26-50,51-27-15-7-16-28-51)52-29-17-8-18-30-52)65(80)76-59-66(81)79-60(49(24-19-35-72)42-94-67(59)79)68(82)89-41-46-31-33-53(86-3)34-32-46/h4-34,40,43,59,61-62,67H,35-39,41-42,44-45H2,1-3H3,(H,75,77)(H,76,80)/b24-19-,78-58?/t59-,62?,67?/m0/s1. The van der Waals surface area contributed by atoms with Gasteiger partial charge in [0.2, 0.25) is 0 Å². The molecule has 1 saturated heterocycles. The van der Waals surface area contributed by atoms with E-state index in [9.17, 15) is 9.59 Å². The van der Waals surface area contributed by atoms with Crippen LogP contribution in [0.2, 0.25) is 10.0 Å². The minimum absolute atomic E-state index is 0.00794. The summed E-state index contributed by atoms with van der Waals surface area (Å²) in [5, 5.41) is 11.9. The number of carbonyl (C=O) groups is 4. The van der Waals surface area contributed by atoms with Gasteiger partial charge in [-0.15, -0.1) is 34.7 Å². The van der Waals surface area contributed by atoms with Gasteiger partial charge in [-0.2, -0.15) is 0 Å². The van der Waals surface area contributed by atoms with E-state index in [1.165, 1.54) is 36.9 Å². The Hall–Kier alpha value is -8.74. The molecule has 3 heterocycles. The molecule has 2 aliphatic rings. The molecule has 8 aromatic rings. The number of esters is 2. The molecular formula is C71H66Cl3N5O14S2. The van der Waals surface area contributed by atoms with Gasteiger partial charge in [0.15, 0.2) is 42.0 Å². The molecule has 2 N–H and O–H groups in total. The first-order valence-corrected chi connectivity index (χ1v) is 33.1. The third kappa shape index (κ3) is 16.7. The first-order valence-electron chi connectivity index (χ1n) is 29.8. The van der Waals surface area contributed by atoms with E-state index in [1.54, 1.807) is 97.4 Å². The molecule has 2 unspecified atom stereocenters. The number of methoxy groups -OCH3 is 3. The lowest BCUT2D eigenvalue weighted by Gasteiger charge is -2.49. The van der Waals surface area contributed by atoms with Gasteiger partial charge in [0, 0.05) is 36.8 Å². The lowest BCUT2D eigenvalue weighted by atomic mass is 9.77. The smallest absolute Gasteiger partial charge is 0.356 e. The second-order valence-electron chi connectivity index (χ2n) is 21.0. The van der Waals surface area contributed by atoms with Crippen LogP contribution < -0.4 is 24.8 Å². The fraction of sp³-hybridized carbons (Fsp3) is 0.239. The van der Waals surface area contributed by atoms with Crippen molar-refractivity contribution in [2.45, 2.75) is 35.8 Å². The third-order valence-electron chi connectivity index (χ3n) is 15.1. The van der Waals surface area contributed by atoms with Crippen LogP contribution in [0, 0.1) is 0 Å². The summed E-state index contributed by atoms with van der Waals surface area (Å²) >= 11 is 23.0. The van der Waals surface area contributed by atoms with Gasteiger partial charge in [-0.1, -0.05) is 204 Å². The molecule has 24 heteroatoms. The number of halogens is 3. The summed E-state index contributed by atoms with van der Waals surface area (Å²) in [6.45, 7) is -0.0404. The van der Waals surface area contributed by atoms with Gasteiger partial charge in [-0.05, 0) is 57.2 Å². The van der Waals surface area contributed by atoms with Gasteiger partial charge < -0.3 is 58.1 Å². The maximum atomic E-state index is 15.6. The molecule has 0 saturated carbocycles. The highest BCUT2D eigenvalue weighted by Gasteiger charge is 2.55. The van der Waals surface area contributed by atoms with E-state index in [-0.39, 0.29) is 90.0 Å². The number of hydrogen-bond acceptors (Lipinski definition) is 19. The van der Waals surface area contributed by atoms with Crippen molar-refractivity contribution in [1.29, 1.82) is 0 Å². The monoisotopic (exact) mass is 1380 g/mol. The summed E-state index contributed by atoms with van der Waals surface area (Å²) in [4.78, 5) is 72.8. The van der Waals surface area contributed by atoms with Crippen LogP contribution in [0.5, 0.6) is 17.2 Å². The number of allylic oxidation sites excluding steroid dienone is 2. The summed E-state index contributed by atoms with van der Waals surface area (Å²) in [6, 6.07) is 54.6. The predicted molar refractivity (Wildman–Crippen MR) is 364 cm³/mol. The highest BCUT2D eigenvalue weighted by atomic mass is 35.5. The Morgan fingerprint density at radius 1 is 0.737 bits per heavy atom. The quantitative estimate of drug-likeness (QED) is 0.00572. The van der Waals surface area contributed by atoms with E-state index in [1.807, 2.05) is 103 Å². The highest BCUT2D eigenvalue weighted by molar-refractivity contribution is 8.00. The normalized spacial score (nSPS) is 15.0. The molecule has 10 rings (SSSR count). The number of oxime groups is 1. The molecular weight excluding hydrogens is 1320 g/mol. The van der Waals surface area contributed by atoms with Crippen LogP contribution in [0.3, 0.4) is 0 Å². The minimum atomic E-state index is -1.97. The molecule has 1 aromatic heterocycles. The SMILES string of the molecule is COCCOCOc1c(Cl)cc(C(ON=C(C(=O)N[C@H]2C(=O)N3C(C(=O)OCc4ccc(OC)cc4)=C(/C=C\CCl)CSC23)c2csc(NC(c3ccccc3)(c3ccccc3)c3ccccc3)n2)C(=O)OC(c2ccccc2)c2ccccc2)c(Cl)c1OCOCCOC. The Morgan fingerprint density at radius 2 is 1.29 bits per heavy atom. The maximum Gasteiger partial charge on any atom is 0.356 e. The number of amides is 2. The Kier molecular flexibility index (Phi) is 24.8. The zero-order valence-electron chi connectivity index (χ0n) is 51.7. The van der Waals surface area contributed by atoms with Crippen molar-refractivity contribution in [3.05, 3.63) is 265 Å². The number of fused-ring (bicyclic) bond motifs is 1. The number of thioether (sulfide) groups is 1. The Morgan fingerprint density at radius 3 is 1.84 bits per heavy atom. The maximum absolute atomic E-state index is 15.6. The van der Waals surface area contributed by atoms with Crippen LogP contribution in [-0.2, 0) is 64.6 Å². The minimum Gasteiger partial charge on any atom is -0.497 e. The summed E-state index contributed by atoms with van der Waals surface area (Å²) in [5.41, 5.74) is 3.17. The van der Waals surface area contributed by atoms with Crippen LogP contribution in [0.25, 0.3) is 0 Å². The molecule has 0 spiro atoms. The first kappa shape index (κ1) is 69.1. The zero-order valence-corrected chi connectivity index (χ0v) is 55.6. The van der Waals surface area contributed by atoms with E-state index in [4.69, 9.17) is 87.3 Å². The number of carbonyl (C=O) groups excluding carboxylic acids is 4. The number of β-lactam (4-membered cyclic amide) rings is 1. The Labute approximate surface area is 572 Å². The molecule has 0 bridgehead atoms. The summed E-state index contributed by atoms with van der Waals surface area (Å²) in [6.07, 6.45) is 0.326. The first-order chi connectivity index (χ1) is 46.5. The van der Waals surface area contributed by atoms with Crippen molar-refractivity contribution >= 4 is 92.5 Å². The number of nitrogens with zero attached hydrogens (tertiary/aromatic N) is 3. The van der Waals surface area contributed by atoms with Crippen LogP contribution in [0.1, 0.15) is 56.8 Å². The summed E-state index contributed by atoms with van der Waals surface area (Å²) < 4.78 is 51.4. The van der Waals surface area contributed by atoms with Crippen LogP contribution >= 0.6 is 57.9 Å². The number of hydrogen-bond donors (Lipinski definition) is 2. The van der Waals surface area contributed by atoms with Gasteiger partial charge in [-0.25, -0.2) is 14.6 Å². The van der Waals surface area contributed by atoms with Crippen molar-refractivity contribution in [2.75, 3.05) is 78.3 Å².